The number of likely N-dealkylation sites (tertiary alicyclic amines) is 1. The second-order valence-electron chi connectivity index (χ2n) is 6.49. The minimum absolute atomic E-state index is 0.0107. The Morgan fingerprint density at radius 3 is 2.92 bits per heavy atom. The minimum Gasteiger partial charge on any atom is -0.334 e. The van der Waals surface area contributed by atoms with Crippen LogP contribution in [0.25, 0.3) is 0 Å². The average Bonchev–Trinajstić information content (AvgIpc) is 3.24. The zero-order valence-electron chi connectivity index (χ0n) is 14.9. The van der Waals surface area contributed by atoms with E-state index in [1.54, 1.807) is 4.68 Å². The van der Waals surface area contributed by atoms with Gasteiger partial charge in [0.2, 0.25) is 0 Å². The van der Waals surface area contributed by atoms with E-state index in [0.29, 0.717) is 6.54 Å². The summed E-state index contributed by atoms with van der Waals surface area (Å²) in [7, 11) is 1.91. The van der Waals surface area contributed by atoms with Crippen LogP contribution in [0.1, 0.15) is 54.0 Å². The summed E-state index contributed by atoms with van der Waals surface area (Å²) in [4.78, 5) is 14.6. The number of aryl methyl sites for hydroxylation is 4. The van der Waals surface area contributed by atoms with Gasteiger partial charge in [-0.2, -0.15) is 10.2 Å². The molecule has 1 aliphatic rings. The molecule has 0 aromatic carbocycles. The van der Waals surface area contributed by atoms with Crippen LogP contribution in [0.5, 0.6) is 0 Å². The lowest BCUT2D eigenvalue weighted by Gasteiger charge is -2.25. The third-order valence-corrected chi connectivity index (χ3v) is 4.79. The van der Waals surface area contributed by atoms with Gasteiger partial charge in [0.1, 0.15) is 0 Å². The number of nitrogens with one attached hydrogen (secondary N) is 2. The van der Waals surface area contributed by atoms with Crippen molar-refractivity contribution in [3.05, 3.63) is 34.4 Å². The number of hydrogen-bond acceptors (Lipinski definition) is 3. The van der Waals surface area contributed by atoms with Crippen LogP contribution in [-0.2, 0) is 20.0 Å². The summed E-state index contributed by atoms with van der Waals surface area (Å²) >= 11 is 0. The summed E-state index contributed by atoms with van der Waals surface area (Å²) in [6.45, 7) is 7.40. The third kappa shape index (κ3) is 3.02. The van der Waals surface area contributed by atoms with E-state index in [-0.39, 0.29) is 12.1 Å². The number of H-pyrrole nitrogens is 1. The first kappa shape index (κ1) is 16.5. The highest BCUT2D eigenvalue weighted by atomic mass is 16.2. The van der Waals surface area contributed by atoms with Crippen molar-refractivity contribution in [2.24, 2.45) is 7.05 Å². The van der Waals surface area contributed by atoms with Crippen molar-refractivity contribution in [3.8, 4) is 0 Å². The molecule has 0 spiro atoms. The Balaban J connectivity index is 1.70. The maximum atomic E-state index is 12.7. The SMILES string of the molecule is CCc1nn(C)cc1CNC(=O)N1CCCC1c1c(C)n[nH]c1C. The number of rotatable bonds is 4. The predicted octanol–water partition coefficient (Wildman–Crippen LogP) is 2.37. The lowest BCUT2D eigenvalue weighted by molar-refractivity contribution is 0.192. The lowest BCUT2D eigenvalue weighted by Crippen LogP contribution is -2.39. The molecule has 3 heterocycles. The fraction of sp³-hybridized carbons (Fsp3) is 0.588. The molecular formula is C17H26N6O. The van der Waals surface area contributed by atoms with E-state index < -0.39 is 0 Å². The van der Waals surface area contributed by atoms with E-state index in [1.807, 2.05) is 32.0 Å². The molecule has 2 aromatic heterocycles. The first-order chi connectivity index (χ1) is 11.5. The maximum absolute atomic E-state index is 12.7. The highest BCUT2D eigenvalue weighted by molar-refractivity contribution is 5.75. The van der Waals surface area contributed by atoms with Gasteiger partial charge in [-0.1, -0.05) is 6.92 Å². The van der Waals surface area contributed by atoms with E-state index in [0.717, 1.165) is 48.5 Å². The molecule has 7 heteroatoms. The van der Waals surface area contributed by atoms with Gasteiger partial charge in [-0.3, -0.25) is 9.78 Å². The van der Waals surface area contributed by atoms with Crippen LogP contribution in [-0.4, -0.2) is 37.5 Å². The topological polar surface area (TPSA) is 78.8 Å². The molecule has 1 unspecified atom stereocenters. The molecule has 7 nitrogen and oxygen atoms in total. The van der Waals surface area contributed by atoms with Gasteiger partial charge in [0, 0.05) is 43.2 Å². The average molecular weight is 330 g/mol. The summed E-state index contributed by atoms with van der Waals surface area (Å²) in [6.07, 6.45) is 4.85. The molecule has 130 valence electrons. The van der Waals surface area contributed by atoms with Crippen molar-refractivity contribution >= 4 is 6.03 Å². The summed E-state index contributed by atoms with van der Waals surface area (Å²) < 4.78 is 1.80. The molecule has 0 radical (unpaired) electrons. The molecule has 0 bridgehead atoms. The standard InChI is InChI=1S/C17H26N6O/c1-5-14-13(10-22(4)21-14)9-18-17(24)23-8-6-7-15(23)16-11(2)19-20-12(16)3/h10,15H,5-9H2,1-4H3,(H,18,24)(H,19,20). The highest BCUT2D eigenvalue weighted by Crippen LogP contribution is 2.34. The Labute approximate surface area is 142 Å². The fourth-order valence-corrected chi connectivity index (χ4v) is 3.66. The lowest BCUT2D eigenvalue weighted by atomic mass is 10.0. The van der Waals surface area contributed by atoms with Gasteiger partial charge in [-0.05, 0) is 33.1 Å². The number of carbonyl (C=O) groups excluding carboxylic acids is 1. The number of carbonyl (C=O) groups is 1. The zero-order chi connectivity index (χ0) is 17.3. The highest BCUT2D eigenvalue weighted by Gasteiger charge is 2.32. The van der Waals surface area contributed by atoms with Gasteiger partial charge in [-0.15, -0.1) is 0 Å². The van der Waals surface area contributed by atoms with Crippen LogP contribution >= 0.6 is 0 Å². The third-order valence-electron chi connectivity index (χ3n) is 4.79. The van der Waals surface area contributed by atoms with Crippen LogP contribution in [0.15, 0.2) is 6.20 Å². The summed E-state index contributed by atoms with van der Waals surface area (Å²) in [5.74, 6) is 0. The molecule has 2 aromatic rings. The van der Waals surface area contributed by atoms with Crippen LogP contribution in [0, 0.1) is 13.8 Å². The van der Waals surface area contributed by atoms with Gasteiger partial charge in [-0.25, -0.2) is 4.79 Å². The maximum Gasteiger partial charge on any atom is 0.318 e. The van der Waals surface area contributed by atoms with Crippen molar-refractivity contribution in [1.82, 2.24) is 30.2 Å². The second-order valence-corrected chi connectivity index (χ2v) is 6.49. The molecule has 0 aliphatic carbocycles. The Hall–Kier alpha value is -2.31. The normalized spacial score (nSPS) is 17.5. The zero-order valence-corrected chi connectivity index (χ0v) is 14.9. The van der Waals surface area contributed by atoms with Crippen LogP contribution in [0.3, 0.4) is 0 Å². The van der Waals surface area contributed by atoms with E-state index in [9.17, 15) is 4.79 Å². The van der Waals surface area contributed by atoms with Crippen molar-refractivity contribution < 1.29 is 4.79 Å². The first-order valence-corrected chi connectivity index (χ1v) is 8.58. The van der Waals surface area contributed by atoms with E-state index in [1.165, 1.54) is 5.56 Å². The molecule has 0 saturated carbocycles. The van der Waals surface area contributed by atoms with Gasteiger partial charge in [0.25, 0.3) is 0 Å². The first-order valence-electron chi connectivity index (χ1n) is 8.58. The molecule has 1 aliphatic heterocycles. The second kappa shape index (κ2) is 6.67. The molecule has 1 saturated heterocycles. The molecule has 3 rings (SSSR count). The molecule has 1 fully saturated rings. The van der Waals surface area contributed by atoms with Gasteiger partial charge in [0.05, 0.1) is 17.4 Å². The Bertz CT molecular complexity index is 712. The Kier molecular flexibility index (Phi) is 4.59. The summed E-state index contributed by atoms with van der Waals surface area (Å²) in [5, 5.41) is 14.8. The fourth-order valence-electron chi connectivity index (χ4n) is 3.66. The molecule has 2 N–H and O–H groups in total. The monoisotopic (exact) mass is 330 g/mol. The number of nitrogens with zero attached hydrogens (tertiary/aromatic N) is 4. The Morgan fingerprint density at radius 2 is 2.25 bits per heavy atom. The number of aromatic nitrogens is 4. The van der Waals surface area contributed by atoms with E-state index in [2.05, 4.69) is 27.5 Å². The van der Waals surface area contributed by atoms with Crippen molar-refractivity contribution in [2.75, 3.05) is 6.54 Å². The summed E-state index contributed by atoms with van der Waals surface area (Å²) in [6, 6.07) is 0.103. The van der Waals surface area contributed by atoms with Crippen LogP contribution in [0.4, 0.5) is 4.79 Å². The number of aromatic amines is 1. The van der Waals surface area contributed by atoms with Crippen LogP contribution < -0.4 is 5.32 Å². The van der Waals surface area contributed by atoms with Crippen molar-refractivity contribution in [2.45, 2.75) is 52.6 Å². The van der Waals surface area contributed by atoms with E-state index in [4.69, 9.17) is 0 Å². The van der Waals surface area contributed by atoms with Gasteiger partial charge >= 0.3 is 6.03 Å². The largest absolute Gasteiger partial charge is 0.334 e. The molecular weight excluding hydrogens is 304 g/mol. The predicted molar refractivity (Wildman–Crippen MR) is 91.6 cm³/mol. The number of amides is 2. The van der Waals surface area contributed by atoms with Gasteiger partial charge in [0.15, 0.2) is 0 Å². The molecule has 24 heavy (non-hydrogen) atoms. The number of urea groups is 1. The molecule has 1 atom stereocenters. The Morgan fingerprint density at radius 1 is 1.46 bits per heavy atom. The van der Waals surface area contributed by atoms with Crippen molar-refractivity contribution in [1.29, 1.82) is 0 Å². The van der Waals surface area contributed by atoms with Crippen molar-refractivity contribution in [3.63, 3.8) is 0 Å². The quantitative estimate of drug-likeness (QED) is 0.903. The smallest absolute Gasteiger partial charge is 0.318 e. The minimum atomic E-state index is -0.0107. The van der Waals surface area contributed by atoms with Crippen LogP contribution in [0.2, 0.25) is 0 Å². The van der Waals surface area contributed by atoms with E-state index >= 15 is 0 Å². The molecule has 2 amide bonds. The summed E-state index contributed by atoms with van der Waals surface area (Å²) in [5.41, 5.74) is 5.32. The number of hydrogen-bond donors (Lipinski definition) is 2. The van der Waals surface area contributed by atoms with Gasteiger partial charge < -0.3 is 10.2 Å².